The molecule has 1 aromatic heterocycles. The molecular formula is C28H29Cl2N3O2. The van der Waals surface area contributed by atoms with Gasteiger partial charge in [0.25, 0.3) is 0 Å². The van der Waals surface area contributed by atoms with Crippen LogP contribution in [-0.4, -0.2) is 16.1 Å². The number of fused-ring (bicyclic) bond motifs is 1. The molecule has 0 saturated heterocycles. The second-order valence-corrected chi connectivity index (χ2v) is 11.5. The SMILES string of the molecule is CC(C)(C)c1cc(NC(=O)Oc2ccc3nc(-c4c(Cl)cccc4Cl)[nH]c3c2)cc(C(C)(C)C)c1. The number of aromatic nitrogens is 2. The molecule has 182 valence electrons. The van der Waals surface area contributed by atoms with Gasteiger partial charge in [-0.05, 0) is 58.4 Å². The maximum atomic E-state index is 12.8. The maximum absolute atomic E-state index is 12.8. The number of anilines is 1. The lowest BCUT2D eigenvalue weighted by atomic mass is 9.80. The molecule has 1 heterocycles. The predicted octanol–water partition coefficient (Wildman–Crippen LogP) is 8.74. The molecule has 0 aliphatic carbocycles. The zero-order valence-corrected chi connectivity index (χ0v) is 22.2. The van der Waals surface area contributed by atoms with E-state index in [0.29, 0.717) is 43.9 Å². The Labute approximate surface area is 215 Å². The lowest BCUT2D eigenvalue weighted by Gasteiger charge is -2.26. The van der Waals surface area contributed by atoms with Gasteiger partial charge in [0, 0.05) is 11.8 Å². The van der Waals surface area contributed by atoms with E-state index in [4.69, 9.17) is 27.9 Å². The van der Waals surface area contributed by atoms with Crippen LogP contribution in [0.3, 0.4) is 0 Å². The van der Waals surface area contributed by atoms with Gasteiger partial charge in [0.15, 0.2) is 0 Å². The Morgan fingerprint density at radius 1 is 0.886 bits per heavy atom. The fourth-order valence-electron chi connectivity index (χ4n) is 3.71. The molecule has 35 heavy (non-hydrogen) atoms. The van der Waals surface area contributed by atoms with Crippen LogP contribution in [0.15, 0.2) is 54.6 Å². The zero-order valence-electron chi connectivity index (χ0n) is 20.7. The number of rotatable bonds is 3. The number of nitrogens with one attached hydrogen (secondary N) is 2. The summed E-state index contributed by atoms with van der Waals surface area (Å²) in [5.74, 6) is 0.935. The number of hydrogen-bond acceptors (Lipinski definition) is 3. The number of hydrogen-bond donors (Lipinski definition) is 2. The van der Waals surface area contributed by atoms with Crippen molar-refractivity contribution in [1.82, 2.24) is 9.97 Å². The molecule has 0 atom stereocenters. The van der Waals surface area contributed by atoms with Gasteiger partial charge in [-0.15, -0.1) is 0 Å². The van der Waals surface area contributed by atoms with Crippen molar-refractivity contribution in [2.45, 2.75) is 52.4 Å². The van der Waals surface area contributed by atoms with E-state index in [-0.39, 0.29) is 10.8 Å². The Kier molecular flexibility index (Phi) is 6.60. The van der Waals surface area contributed by atoms with Crippen LogP contribution in [0.1, 0.15) is 52.7 Å². The highest BCUT2D eigenvalue weighted by atomic mass is 35.5. The Morgan fingerprint density at radius 2 is 1.49 bits per heavy atom. The van der Waals surface area contributed by atoms with Crippen LogP contribution < -0.4 is 10.1 Å². The van der Waals surface area contributed by atoms with Crippen LogP contribution in [0.4, 0.5) is 10.5 Å². The summed E-state index contributed by atoms with van der Waals surface area (Å²) in [5, 5.41) is 3.89. The van der Waals surface area contributed by atoms with Crippen LogP contribution in [0.5, 0.6) is 5.75 Å². The highest BCUT2D eigenvalue weighted by molar-refractivity contribution is 6.39. The van der Waals surface area contributed by atoms with Crippen LogP contribution in [0.2, 0.25) is 10.0 Å². The van der Waals surface area contributed by atoms with Crippen molar-refractivity contribution < 1.29 is 9.53 Å². The van der Waals surface area contributed by atoms with Gasteiger partial charge in [-0.3, -0.25) is 5.32 Å². The number of amides is 1. The number of H-pyrrole nitrogens is 1. The van der Waals surface area contributed by atoms with Gasteiger partial charge in [0.05, 0.1) is 26.6 Å². The van der Waals surface area contributed by atoms with E-state index in [1.165, 1.54) is 0 Å². The van der Waals surface area contributed by atoms with E-state index in [1.54, 1.807) is 36.4 Å². The van der Waals surface area contributed by atoms with Crippen molar-refractivity contribution in [1.29, 1.82) is 0 Å². The molecule has 3 aromatic carbocycles. The molecule has 0 unspecified atom stereocenters. The first-order valence-electron chi connectivity index (χ1n) is 11.4. The third kappa shape index (κ3) is 5.63. The van der Waals surface area contributed by atoms with Crippen LogP contribution in [-0.2, 0) is 10.8 Å². The third-order valence-corrected chi connectivity index (χ3v) is 6.40. The molecule has 0 radical (unpaired) electrons. The Hall–Kier alpha value is -3.02. The third-order valence-electron chi connectivity index (χ3n) is 5.77. The van der Waals surface area contributed by atoms with Gasteiger partial charge in [0.2, 0.25) is 0 Å². The quantitative estimate of drug-likeness (QED) is 0.290. The molecule has 4 aromatic rings. The molecule has 0 aliphatic rings. The summed E-state index contributed by atoms with van der Waals surface area (Å²) in [4.78, 5) is 20.6. The van der Waals surface area contributed by atoms with Gasteiger partial charge in [-0.2, -0.15) is 0 Å². The highest BCUT2D eigenvalue weighted by Crippen LogP contribution is 2.35. The van der Waals surface area contributed by atoms with Crippen molar-refractivity contribution in [3.63, 3.8) is 0 Å². The molecule has 0 aliphatic heterocycles. The summed E-state index contributed by atoms with van der Waals surface area (Å²) in [7, 11) is 0. The molecule has 5 nitrogen and oxygen atoms in total. The number of aromatic amines is 1. The van der Waals surface area contributed by atoms with E-state index >= 15 is 0 Å². The lowest BCUT2D eigenvalue weighted by molar-refractivity contribution is 0.215. The molecule has 2 N–H and O–H groups in total. The maximum Gasteiger partial charge on any atom is 0.417 e. The van der Waals surface area contributed by atoms with Gasteiger partial charge >= 0.3 is 6.09 Å². The topological polar surface area (TPSA) is 67.0 Å². The van der Waals surface area contributed by atoms with Crippen molar-refractivity contribution >= 4 is 46.0 Å². The van der Waals surface area contributed by atoms with E-state index in [0.717, 1.165) is 11.1 Å². The van der Waals surface area contributed by atoms with Crippen molar-refractivity contribution in [2.24, 2.45) is 0 Å². The monoisotopic (exact) mass is 509 g/mol. The number of carbonyl (C=O) groups excluding carboxylic acids is 1. The fourth-order valence-corrected chi connectivity index (χ4v) is 4.29. The van der Waals surface area contributed by atoms with Gasteiger partial charge in [-0.25, -0.2) is 9.78 Å². The van der Waals surface area contributed by atoms with Gasteiger partial charge < -0.3 is 9.72 Å². The number of ether oxygens (including phenoxy) is 1. The molecule has 1 amide bonds. The molecule has 0 saturated carbocycles. The minimum Gasteiger partial charge on any atom is -0.410 e. The van der Waals surface area contributed by atoms with E-state index < -0.39 is 6.09 Å². The zero-order chi connectivity index (χ0) is 25.5. The molecule has 0 bridgehead atoms. The van der Waals surface area contributed by atoms with E-state index in [9.17, 15) is 4.79 Å². The van der Waals surface area contributed by atoms with Crippen molar-refractivity contribution in [3.05, 3.63) is 75.8 Å². The fraction of sp³-hybridized carbons (Fsp3) is 0.286. The first-order chi connectivity index (χ1) is 16.3. The van der Waals surface area contributed by atoms with Crippen molar-refractivity contribution in [2.75, 3.05) is 5.32 Å². The summed E-state index contributed by atoms with van der Waals surface area (Å²) in [5.41, 5.74) is 4.90. The second-order valence-electron chi connectivity index (χ2n) is 10.7. The normalized spacial score (nSPS) is 12.1. The van der Waals surface area contributed by atoms with Gasteiger partial charge in [0.1, 0.15) is 11.6 Å². The second kappa shape index (κ2) is 9.21. The molecule has 0 spiro atoms. The molecule has 7 heteroatoms. The number of carbonyl (C=O) groups is 1. The average molecular weight is 510 g/mol. The van der Waals surface area contributed by atoms with Crippen LogP contribution in [0, 0.1) is 0 Å². The lowest BCUT2D eigenvalue weighted by Crippen LogP contribution is -2.20. The van der Waals surface area contributed by atoms with Gasteiger partial charge in [-0.1, -0.05) is 76.9 Å². The summed E-state index contributed by atoms with van der Waals surface area (Å²) >= 11 is 12.7. The number of imidazole rings is 1. The Morgan fingerprint density at radius 3 is 2.06 bits per heavy atom. The summed E-state index contributed by atoms with van der Waals surface area (Å²) in [6.45, 7) is 12.9. The minimum atomic E-state index is -0.566. The standard InChI is InChI=1S/C28H29Cl2N3O2/c1-27(2,3)16-12-17(28(4,5)6)14-18(13-16)31-26(34)35-19-10-11-22-23(15-19)33-25(32-22)24-20(29)8-7-9-21(24)30/h7-15H,1-6H3,(H,31,34)(H,32,33). The largest absolute Gasteiger partial charge is 0.417 e. The van der Waals surface area contributed by atoms with Crippen LogP contribution >= 0.6 is 23.2 Å². The average Bonchev–Trinajstić information content (AvgIpc) is 3.14. The van der Waals surface area contributed by atoms with Crippen molar-refractivity contribution in [3.8, 4) is 17.1 Å². The predicted molar refractivity (Wildman–Crippen MR) is 145 cm³/mol. The highest BCUT2D eigenvalue weighted by Gasteiger charge is 2.21. The number of halogens is 2. The smallest absolute Gasteiger partial charge is 0.410 e. The summed E-state index contributed by atoms with van der Waals surface area (Å²) < 4.78 is 5.59. The molecule has 4 rings (SSSR count). The molecular weight excluding hydrogens is 481 g/mol. The number of nitrogens with zero attached hydrogens (tertiary/aromatic N) is 1. The van der Waals surface area contributed by atoms with E-state index in [1.807, 2.05) is 12.1 Å². The Balaban J connectivity index is 1.58. The van der Waals surface area contributed by atoms with E-state index in [2.05, 4.69) is 62.9 Å². The minimum absolute atomic E-state index is 0.0600. The first-order valence-corrected chi connectivity index (χ1v) is 12.2. The first kappa shape index (κ1) is 25.1. The summed E-state index contributed by atoms with van der Waals surface area (Å²) in [6.07, 6.45) is -0.566. The Bertz CT molecular complexity index is 1360. The molecule has 0 fully saturated rings. The number of benzene rings is 3. The van der Waals surface area contributed by atoms with Crippen LogP contribution in [0.25, 0.3) is 22.4 Å². The summed E-state index contributed by atoms with van der Waals surface area (Å²) in [6, 6.07) is 16.7.